The lowest BCUT2D eigenvalue weighted by atomic mass is 9.55. The average molecular weight is 463 g/mol. The highest BCUT2D eigenvalue weighted by atomic mass is 16.3. The minimum Gasteiger partial charge on any atom is -0.396 e. The second-order valence-electron chi connectivity index (χ2n) is 12.1. The van der Waals surface area contributed by atoms with Crippen LogP contribution in [0.15, 0.2) is 23.8 Å². The lowest BCUT2D eigenvalue weighted by Crippen LogP contribution is -2.52. The summed E-state index contributed by atoms with van der Waals surface area (Å²) in [6.07, 6.45) is 4.51. The van der Waals surface area contributed by atoms with E-state index in [-0.39, 0.29) is 41.5 Å². The Kier molecular flexibility index (Phi) is 8.00. The van der Waals surface area contributed by atoms with Gasteiger partial charge in [0, 0.05) is 17.9 Å². The standard InChI is InChI=1S/C28H46O5/c1-16(2)17(3)13-24(31)18(4)21-7-8-22(27(21,5)11-12-29)20-15-25(32)23-14-19(30)9-10-28(23,6)26(20)33/h15-16,18-19,21-25,29-32H,3,7-14H2,1-2,4-6H3. The van der Waals surface area contributed by atoms with Crippen molar-refractivity contribution in [3.8, 4) is 0 Å². The predicted molar refractivity (Wildman–Crippen MR) is 130 cm³/mol. The maximum absolute atomic E-state index is 13.9. The van der Waals surface area contributed by atoms with Gasteiger partial charge in [-0.25, -0.2) is 0 Å². The highest BCUT2D eigenvalue weighted by Gasteiger charge is 2.57. The summed E-state index contributed by atoms with van der Waals surface area (Å²) in [5, 5.41) is 42.2. The smallest absolute Gasteiger partial charge is 0.165 e. The molecular weight excluding hydrogens is 416 g/mol. The van der Waals surface area contributed by atoms with Crippen LogP contribution in [0.25, 0.3) is 0 Å². The third kappa shape index (κ3) is 4.76. The zero-order chi connectivity index (χ0) is 24.7. The molecule has 3 rings (SSSR count). The number of hydrogen-bond donors (Lipinski definition) is 4. The van der Waals surface area contributed by atoms with Crippen LogP contribution in [0.1, 0.15) is 79.6 Å². The van der Waals surface area contributed by atoms with Crippen molar-refractivity contribution in [3.05, 3.63) is 23.8 Å². The van der Waals surface area contributed by atoms with Crippen molar-refractivity contribution in [2.24, 2.45) is 40.4 Å². The molecule has 0 aromatic carbocycles. The van der Waals surface area contributed by atoms with Crippen LogP contribution >= 0.6 is 0 Å². The van der Waals surface area contributed by atoms with Gasteiger partial charge in [0.05, 0.1) is 18.3 Å². The normalized spacial score (nSPS) is 41.0. The van der Waals surface area contributed by atoms with Gasteiger partial charge < -0.3 is 20.4 Å². The number of Topliss-reactive ketones (excluding diaryl/α,β-unsaturated/α-hetero) is 1. The van der Waals surface area contributed by atoms with Crippen LogP contribution in [0, 0.1) is 40.4 Å². The van der Waals surface area contributed by atoms with Crippen LogP contribution < -0.4 is 0 Å². The third-order valence-corrected chi connectivity index (χ3v) is 9.85. The Bertz CT molecular complexity index is 772. The van der Waals surface area contributed by atoms with Gasteiger partial charge in [0.25, 0.3) is 0 Å². The summed E-state index contributed by atoms with van der Waals surface area (Å²) in [6.45, 7) is 14.5. The number of carbonyl (C=O) groups is 1. The van der Waals surface area contributed by atoms with Gasteiger partial charge in [0.15, 0.2) is 5.78 Å². The van der Waals surface area contributed by atoms with E-state index in [0.717, 1.165) is 18.4 Å². The van der Waals surface area contributed by atoms with Crippen molar-refractivity contribution in [1.82, 2.24) is 0 Å². The summed E-state index contributed by atoms with van der Waals surface area (Å²) in [4.78, 5) is 13.9. The quantitative estimate of drug-likeness (QED) is 0.408. The minimum absolute atomic E-state index is 0.0134. The first-order chi connectivity index (χ1) is 15.4. The number of ketones is 1. The van der Waals surface area contributed by atoms with Crippen molar-refractivity contribution >= 4 is 5.78 Å². The molecule has 2 fully saturated rings. The van der Waals surface area contributed by atoms with Crippen LogP contribution in [-0.2, 0) is 4.79 Å². The molecule has 5 nitrogen and oxygen atoms in total. The summed E-state index contributed by atoms with van der Waals surface area (Å²) < 4.78 is 0. The van der Waals surface area contributed by atoms with Crippen molar-refractivity contribution in [2.75, 3.05) is 6.61 Å². The number of fused-ring (bicyclic) bond motifs is 1. The SMILES string of the molecule is C=C(CC(O)C(C)C1CCC(C2=CC(O)C3CC(O)CCC3(C)C2=O)C1(C)CCO)C(C)C. The first kappa shape index (κ1) is 26.6. The molecule has 33 heavy (non-hydrogen) atoms. The average Bonchev–Trinajstić information content (AvgIpc) is 3.08. The van der Waals surface area contributed by atoms with E-state index in [1.807, 2.05) is 6.92 Å². The molecule has 9 atom stereocenters. The highest BCUT2D eigenvalue weighted by Crippen LogP contribution is 2.59. The van der Waals surface area contributed by atoms with E-state index in [4.69, 9.17) is 0 Å². The Morgan fingerprint density at radius 3 is 2.45 bits per heavy atom. The van der Waals surface area contributed by atoms with Gasteiger partial charge in [0.1, 0.15) is 0 Å². The molecule has 0 aromatic heterocycles. The summed E-state index contributed by atoms with van der Waals surface area (Å²) in [5.41, 5.74) is 0.761. The van der Waals surface area contributed by atoms with Crippen LogP contribution in [-0.4, -0.2) is 51.1 Å². The van der Waals surface area contributed by atoms with Gasteiger partial charge in [-0.2, -0.15) is 0 Å². The van der Waals surface area contributed by atoms with Gasteiger partial charge in [-0.1, -0.05) is 46.8 Å². The minimum atomic E-state index is -0.743. The van der Waals surface area contributed by atoms with Gasteiger partial charge in [-0.3, -0.25) is 4.79 Å². The maximum atomic E-state index is 13.9. The van der Waals surface area contributed by atoms with Gasteiger partial charge in [-0.05, 0) is 85.7 Å². The fraction of sp³-hybridized carbons (Fsp3) is 0.821. The molecule has 0 aliphatic heterocycles. The van der Waals surface area contributed by atoms with Crippen molar-refractivity contribution < 1.29 is 25.2 Å². The van der Waals surface area contributed by atoms with Crippen molar-refractivity contribution in [1.29, 1.82) is 0 Å². The molecule has 4 N–H and O–H groups in total. The van der Waals surface area contributed by atoms with E-state index in [0.29, 0.717) is 43.6 Å². The van der Waals surface area contributed by atoms with Crippen LogP contribution in [0.4, 0.5) is 0 Å². The van der Waals surface area contributed by atoms with E-state index in [1.54, 1.807) is 6.08 Å². The van der Waals surface area contributed by atoms with E-state index in [2.05, 4.69) is 34.3 Å². The van der Waals surface area contributed by atoms with Crippen LogP contribution in [0.5, 0.6) is 0 Å². The topological polar surface area (TPSA) is 98.0 Å². The molecule has 9 unspecified atom stereocenters. The monoisotopic (exact) mass is 462 g/mol. The van der Waals surface area contributed by atoms with Gasteiger partial charge >= 0.3 is 0 Å². The number of carbonyl (C=O) groups excluding carboxylic acids is 1. The molecule has 0 bridgehead atoms. The fourth-order valence-corrected chi connectivity index (χ4v) is 7.30. The lowest BCUT2D eigenvalue weighted by Gasteiger charge is -2.49. The zero-order valence-electron chi connectivity index (χ0n) is 21.3. The molecule has 3 aliphatic rings. The van der Waals surface area contributed by atoms with Crippen molar-refractivity contribution in [2.45, 2.75) is 97.9 Å². The van der Waals surface area contributed by atoms with E-state index < -0.39 is 23.7 Å². The molecule has 188 valence electrons. The summed E-state index contributed by atoms with van der Waals surface area (Å²) >= 11 is 0. The van der Waals surface area contributed by atoms with E-state index in [9.17, 15) is 25.2 Å². The molecule has 0 spiro atoms. The van der Waals surface area contributed by atoms with E-state index in [1.165, 1.54) is 0 Å². The van der Waals surface area contributed by atoms with E-state index >= 15 is 0 Å². The summed E-state index contributed by atoms with van der Waals surface area (Å²) in [6, 6.07) is 0. The highest BCUT2D eigenvalue weighted by molar-refractivity contribution is 6.01. The fourth-order valence-electron chi connectivity index (χ4n) is 7.30. The second kappa shape index (κ2) is 9.93. The Hall–Kier alpha value is -1.01. The van der Waals surface area contributed by atoms with Gasteiger partial charge in [-0.15, -0.1) is 0 Å². The summed E-state index contributed by atoms with van der Waals surface area (Å²) in [5.74, 6) is 0.307. The Morgan fingerprint density at radius 1 is 1.18 bits per heavy atom. The number of allylic oxidation sites excluding steroid dienone is 1. The number of aliphatic hydroxyl groups is 4. The first-order valence-electron chi connectivity index (χ1n) is 13.0. The maximum Gasteiger partial charge on any atom is 0.165 e. The second-order valence-corrected chi connectivity index (χ2v) is 12.1. The predicted octanol–water partition coefficient (Wildman–Crippen LogP) is 4.04. The molecule has 0 radical (unpaired) electrons. The van der Waals surface area contributed by atoms with Crippen molar-refractivity contribution in [3.63, 3.8) is 0 Å². The summed E-state index contributed by atoms with van der Waals surface area (Å²) in [7, 11) is 0. The van der Waals surface area contributed by atoms with Crippen LogP contribution in [0.3, 0.4) is 0 Å². The van der Waals surface area contributed by atoms with Gasteiger partial charge in [0.2, 0.25) is 0 Å². The molecule has 5 heteroatoms. The molecule has 0 aromatic rings. The molecule has 0 amide bonds. The number of hydrogen-bond acceptors (Lipinski definition) is 5. The zero-order valence-corrected chi connectivity index (χ0v) is 21.3. The molecular formula is C28H46O5. The largest absolute Gasteiger partial charge is 0.396 e. The first-order valence-corrected chi connectivity index (χ1v) is 13.0. The molecule has 0 heterocycles. The lowest BCUT2D eigenvalue weighted by molar-refractivity contribution is -0.138. The Morgan fingerprint density at radius 2 is 1.85 bits per heavy atom. The Labute approximate surface area is 200 Å². The number of rotatable bonds is 8. The number of aliphatic hydroxyl groups excluding tert-OH is 4. The molecule has 3 aliphatic carbocycles. The molecule has 2 saturated carbocycles. The third-order valence-electron chi connectivity index (χ3n) is 9.85. The molecule has 0 saturated heterocycles. The van der Waals surface area contributed by atoms with Crippen LogP contribution in [0.2, 0.25) is 0 Å². The Balaban J connectivity index is 1.90.